The van der Waals surface area contributed by atoms with E-state index in [0.717, 1.165) is 13.0 Å². The lowest BCUT2D eigenvalue weighted by Gasteiger charge is -2.30. The number of thiophene rings is 1. The van der Waals surface area contributed by atoms with E-state index in [0.29, 0.717) is 18.5 Å². The van der Waals surface area contributed by atoms with E-state index >= 15 is 0 Å². The first-order valence-electron chi connectivity index (χ1n) is 7.15. The molecule has 1 aliphatic carbocycles. The van der Waals surface area contributed by atoms with Crippen LogP contribution in [0.25, 0.3) is 0 Å². The summed E-state index contributed by atoms with van der Waals surface area (Å²) >= 11 is 1.74. The molecule has 2 atom stereocenters. The molecule has 0 unspecified atom stereocenters. The molecule has 0 aliphatic heterocycles. The lowest BCUT2D eigenvalue weighted by Crippen LogP contribution is -2.44. The van der Waals surface area contributed by atoms with Gasteiger partial charge in [-0.25, -0.2) is 0 Å². The van der Waals surface area contributed by atoms with Crippen LogP contribution in [0.15, 0.2) is 17.5 Å². The van der Waals surface area contributed by atoms with E-state index in [1.807, 2.05) is 7.05 Å². The molecule has 1 saturated carbocycles. The second-order valence-corrected chi connectivity index (χ2v) is 6.72. The third-order valence-corrected chi connectivity index (χ3v) is 4.74. The van der Waals surface area contributed by atoms with Crippen LogP contribution in [-0.2, 0) is 11.3 Å². The minimum atomic E-state index is 0.165. The average molecular weight is 280 g/mol. The molecular formula is C15H24N2OS. The minimum Gasteiger partial charge on any atom is -0.352 e. The number of hydrogen-bond donors (Lipinski definition) is 1. The number of carbonyl (C=O) groups excluding carboxylic acids is 1. The molecule has 1 fully saturated rings. The third kappa shape index (κ3) is 4.62. The number of carbonyl (C=O) groups is 1. The van der Waals surface area contributed by atoms with E-state index in [2.05, 4.69) is 34.7 Å². The van der Waals surface area contributed by atoms with E-state index in [-0.39, 0.29) is 5.91 Å². The number of amides is 1. The normalized spacial score (nSPS) is 23.5. The largest absolute Gasteiger partial charge is 0.352 e. The van der Waals surface area contributed by atoms with Gasteiger partial charge in [0.05, 0.1) is 6.54 Å². The fraction of sp³-hybridized carbons (Fsp3) is 0.667. The maximum absolute atomic E-state index is 12.0. The second kappa shape index (κ2) is 7.06. The van der Waals surface area contributed by atoms with Crippen molar-refractivity contribution in [3.8, 4) is 0 Å². The van der Waals surface area contributed by atoms with Crippen molar-refractivity contribution in [2.75, 3.05) is 13.6 Å². The van der Waals surface area contributed by atoms with Gasteiger partial charge in [-0.15, -0.1) is 11.3 Å². The van der Waals surface area contributed by atoms with Crippen molar-refractivity contribution in [2.24, 2.45) is 5.92 Å². The Hall–Kier alpha value is -0.870. The average Bonchev–Trinajstić information content (AvgIpc) is 2.84. The zero-order chi connectivity index (χ0) is 13.7. The zero-order valence-electron chi connectivity index (χ0n) is 11.9. The van der Waals surface area contributed by atoms with Crippen LogP contribution in [0.1, 0.15) is 37.5 Å². The minimum absolute atomic E-state index is 0.165. The van der Waals surface area contributed by atoms with Gasteiger partial charge < -0.3 is 5.32 Å². The smallest absolute Gasteiger partial charge is 0.234 e. The summed E-state index contributed by atoms with van der Waals surface area (Å²) in [6.45, 7) is 3.59. The van der Waals surface area contributed by atoms with Crippen molar-refractivity contribution in [3.63, 3.8) is 0 Å². The van der Waals surface area contributed by atoms with E-state index in [1.165, 1.54) is 24.1 Å². The summed E-state index contributed by atoms with van der Waals surface area (Å²) in [5.41, 5.74) is 0. The molecule has 0 radical (unpaired) electrons. The molecule has 0 saturated heterocycles. The summed E-state index contributed by atoms with van der Waals surface area (Å²) in [4.78, 5) is 15.4. The predicted octanol–water partition coefficient (Wildman–Crippen LogP) is 2.87. The van der Waals surface area contributed by atoms with E-state index in [1.54, 1.807) is 11.3 Å². The van der Waals surface area contributed by atoms with Gasteiger partial charge in [-0.1, -0.05) is 25.8 Å². The number of rotatable bonds is 5. The molecular weight excluding hydrogens is 256 g/mol. The zero-order valence-corrected chi connectivity index (χ0v) is 12.7. The first-order chi connectivity index (χ1) is 9.15. The highest BCUT2D eigenvalue weighted by molar-refractivity contribution is 7.09. The van der Waals surface area contributed by atoms with Gasteiger partial charge >= 0.3 is 0 Å². The Morgan fingerprint density at radius 3 is 2.95 bits per heavy atom. The molecule has 1 heterocycles. The molecule has 1 aromatic rings. The molecule has 1 N–H and O–H groups in total. The standard InChI is InChI=1S/C15H24N2OS/c1-12-6-3-4-8-14(12)16-15(18)11-17(2)10-13-7-5-9-19-13/h5,7,9,12,14H,3-4,6,8,10-11H2,1-2H3,(H,16,18)/t12-,14-/m1/s1. The lowest BCUT2D eigenvalue weighted by atomic mass is 9.86. The van der Waals surface area contributed by atoms with Crippen molar-refractivity contribution < 1.29 is 4.79 Å². The van der Waals surface area contributed by atoms with Gasteiger partial charge in [0.2, 0.25) is 5.91 Å². The van der Waals surface area contributed by atoms with Crippen molar-refractivity contribution in [1.29, 1.82) is 0 Å². The van der Waals surface area contributed by atoms with Gasteiger partial charge in [-0.2, -0.15) is 0 Å². The highest BCUT2D eigenvalue weighted by Crippen LogP contribution is 2.23. The van der Waals surface area contributed by atoms with Gasteiger partial charge in [0.15, 0.2) is 0 Å². The highest BCUT2D eigenvalue weighted by atomic mass is 32.1. The number of nitrogens with zero attached hydrogens (tertiary/aromatic N) is 1. The molecule has 19 heavy (non-hydrogen) atoms. The third-order valence-electron chi connectivity index (χ3n) is 3.88. The number of nitrogens with one attached hydrogen (secondary N) is 1. The Bertz CT molecular complexity index is 391. The maximum Gasteiger partial charge on any atom is 0.234 e. The molecule has 0 spiro atoms. The monoisotopic (exact) mass is 280 g/mol. The SMILES string of the molecule is C[C@@H]1CCCC[C@H]1NC(=O)CN(C)Cc1cccs1. The summed E-state index contributed by atoms with van der Waals surface area (Å²) in [7, 11) is 2.00. The fourth-order valence-electron chi connectivity index (χ4n) is 2.75. The van der Waals surface area contributed by atoms with Crippen molar-refractivity contribution in [3.05, 3.63) is 22.4 Å². The Labute approximate surface area is 120 Å². The van der Waals surface area contributed by atoms with Crippen LogP contribution < -0.4 is 5.32 Å². The summed E-state index contributed by atoms with van der Waals surface area (Å²) in [5.74, 6) is 0.790. The maximum atomic E-state index is 12.0. The summed E-state index contributed by atoms with van der Waals surface area (Å²) in [6, 6.07) is 4.55. The van der Waals surface area contributed by atoms with Crippen LogP contribution in [0, 0.1) is 5.92 Å². The van der Waals surface area contributed by atoms with Gasteiger partial charge in [0.25, 0.3) is 0 Å². The number of hydrogen-bond acceptors (Lipinski definition) is 3. The number of likely N-dealkylation sites (N-methyl/N-ethyl adjacent to an activating group) is 1. The van der Waals surface area contributed by atoms with Gasteiger partial charge in [-0.3, -0.25) is 9.69 Å². The molecule has 1 aliphatic rings. The Balaban J connectivity index is 1.74. The van der Waals surface area contributed by atoms with E-state index in [4.69, 9.17) is 0 Å². The summed E-state index contributed by atoms with van der Waals surface area (Å²) in [5, 5.41) is 5.28. The van der Waals surface area contributed by atoms with Crippen LogP contribution in [0.4, 0.5) is 0 Å². The molecule has 106 valence electrons. The van der Waals surface area contributed by atoms with Crippen molar-refractivity contribution >= 4 is 17.2 Å². The first kappa shape index (κ1) is 14.5. The predicted molar refractivity (Wildman–Crippen MR) is 80.2 cm³/mol. The Kier molecular flexibility index (Phi) is 5.40. The lowest BCUT2D eigenvalue weighted by molar-refractivity contribution is -0.123. The van der Waals surface area contributed by atoms with Crippen molar-refractivity contribution in [2.45, 2.75) is 45.2 Å². The van der Waals surface area contributed by atoms with Crippen LogP contribution in [-0.4, -0.2) is 30.4 Å². The molecule has 0 bridgehead atoms. The van der Waals surface area contributed by atoms with Crippen LogP contribution in [0.2, 0.25) is 0 Å². The molecule has 1 aromatic heterocycles. The molecule has 1 amide bonds. The van der Waals surface area contributed by atoms with Gasteiger partial charge in [-0.05, 0) is 37.3 Å². The Morgan fingerprint density at radius 2 is 2.26 bits per heavy atom. The van der Waals surface area contributed by atoms with Crippen LogP contribution >= 0.6 is 11.3 Å². The van der Waals surface area contributed by atoms with E-state index in [9.17, 15) is 4.79 Å². The quantitative estimate of drug-likeness (QED) is 0.899. The second-order valence-electron chi connectivity index (χ2n) is 5.69. The molecule has 4 heteroatoms. The molecule has 2 rings (SSSR count). The van der Waals surface area contributed by atoms with Crippen LogP contribution in [0.3, 0.4) is 0 Å². The summed E-state index contributed by atoms with van der Waals surface area (Å²) < 4.78 is 0. The highest BCUT2D eigenvalue weighted by Gasteiger charge is 2.22. The van der Waals surface area contributed by atoms with Gasteiger partial charge in [0, 0.05) is 17.5 Å². The molecule has 3 nitrogen and oxygen atoms in total. The van der Waals surface area contributed by atoms with Gasteiger partial charge in [0.1, 0.15) is 0 Å². The topological polar surface area (TPSA) is 32.3 Å². The fourth-order valence-corrected chi connectivity index (χ4v) is 3.54. The first-order valence-corrected chi connectivity index (χ1v) is 8.03. The molecule has 0 aromatic carbocycles. The van der Waals surface area contributed by atoms with E-state index < -0.39 is 0 Å². The van der Waals surface area contributed by atoms with Crippen molar-refractivity contribution in [1.82, 2.24) is 10.2 Å². The summed E-state index contributed by atoms with van der Waals surface area (Å²) in [6.07, 6.45) is 4.95. The van der Waals surface area contributed by atoms with Crippen LogP contribution in [0.5, 0.6) is 0 Å². The Morgan fingerprint density at radius 1 is 1.47 bits per heavy atom.